The van der Waals surface area contributed by atoms with Crippen LogP contribution in [0.4, 0.5) is 10.5 Å². The molecule has 9 nitrogen and oxygen atoms in total. The lowest BCUT2D eigenvalue weighted by Crippen LogP contribution is -2.41. The molecular formula is C23H25N3O6S. The zero-order chi connectivity index (χ0) is 24.0. The maximum atomic E-state index is 13.1. The molecule has 4 rings (SSSR count). The van der Waals surface area contributed by atoms with Gasteiger partial charge in [-0.25, -0.2) is 13.2 Å². The molecule has 2 heterocycles. The van der Waals surface area contributed by atoms with Crippen LogP contribution in [0.15, 0.2) is 42.5 Å². The number of urea groups is 1. The average molecular weight is 472 g/mol. The zero-order valence-corrected chi connectivity index (χ0v) is 19.4. The molecule has 2 aliphatic rings. The number of carbonyl (C=O) groups excluding carboxylic acids is 3. The smallest absolute Gasteiger partial charge is 0.325 e. The Balaban J connectivity index is 1.53. The molecule has 1 fully saturated rings. The van der Waals surface area contributed by atoms with E-state index in [0.29, 0.717) is 35.5 Å². The molecule has 1 N–H and O–H groups in total. The first-order valence-electron chi connectivity index (χ1n) is 10.6. The molecular weight excluding hydrogens is 446 g/mol. The van der Waals surface area contributed by atoms with Gasteiger partial charge in [0.05, 0.1) is 25.1 Å². The molecule has 1 unspecified atom stereocenters. The van der Waals surface area contributed by atoms with E-state index in [1.165, 1.54) is 17.5 Å². The van der Waals surface area contributed by atoms with Crippen molar-refractivity contribution >= 4 is 33.4 Å². The van der Waals surface area contributed by atoms with Gasteiger partial charge in [-0.1, -0.05) is 12.1 Å². The van der Waals surface area contributed by atoms with Gasteiger partial charge in [0.1, 0.15) is 11.3 Å². The topological polar surface area (TPSA) is 113 Å². The van der Waals surface area contributed by atoms with Gasteiger partial charge >= 0.3 is 6.03 Å². The Kier molecular flexibility index (Phi) is 5.65. The summed E-state index contributed by atoms with van der Waals surface area (Å²) in [5.41, 5.74) is 0.916. The molecule has 2 aromatic carbocycles. The fraction of sp³-hybridized carbons (Fsp3) is 0.348. The number of sulfonamides is 1. The van der Waals surface area contributed by atoms with E-state index in [1.807, 2.05) is 0 Å². The van der Waals surface area contributed by atoms with Crippen molar-refractivity contribution in [1.82, 2.24) is 10.2 Å². The predicted molar refractivity (Wildman–Crippen MR) is 122 cm³/mol. The summed E-state index contributed by atoms with van der Waals surface area (Å²) in [7, 11) is -1.85. The SMILES string of the molecule is CCS(=O)(=O)N1CCc2cc(C(=O)CN3C(=O)NC(C)(c4ccc(OC)cc4)C3=O)ccc21. The molecule has 2 aromatic rings. The highest BCUT2D eigenvalue weighted by Gasteiger charge is 2.49. The summed E-state index contributed by atoms with van der Waals surface area (Å²) >= 11 is 0. The number of rotatable bonds is 7. The first kappa shape index (κ1) is 22.8. The number of nitrogens with zero attached hydrogens (tertiary/aromatic N) is 2. The van der Waals surface area contributed by atoms with Crippen molar-refractivity contribution in [2.24, 2.45) is 0 Å². The zero-order valence-electron chi connectivity index (χ0n) is 18.6. The Morgan fingerprint density at radius 1 is 1.15 bits per heavy atom. The molecule has 0 spiro atoms. The second-order valence-electron chi connectivity index (χ2n) is 8.16. The quantitative estimate of drug-likeness (QED) is 0.489. The minimum absolute atomic E-state index is 0.00767. The van der Waals surface area contributed by atoms with Gasteiger partial charge in [-0.05, 0) is 61.7 Å². The summed E-state index contributed by atoms with van der Waals surface area (Å²) < 4.78 is 31.0. The highest BCUT2D eigenvalue weighted by Crippen LogP contribution is 2.33. The summed E-state index contributed by atoms with van der Waals surface area (Å²) in [6.45, 7) is 3.10. The van der Waals surface area contributed by atoms with Gasteiger partial charge in [0.2, 0.25) is 10.0 Å². The molecule has 3 amide bonds. The van der Waals surface area contributed by atoms with Gasteiger partial charge in [0.25, 0.3) is 5.91 Å². The molecule has 33 heavy (non-hydrogen) atoms. The predicted octanol–water partition coefficient (Wildman–Crippen LogP) is 2.06. The molecule has 0 bridgehead atoms. The van der Waals surface area contributed by atoms with Crippen LogP contribution in [0.2, 0.25) is 0 Å². The summed E-state index contributed by atoms with van der Waals surface area (Å²) in [4.78, 5) is 39.5. The van der Waals surface area contributed by atoms with E-state index in [0.717, 1.165) is 10.5 Å². The number of hydrogen-bond acceptors (Lipinski definition) is 6. The van der Waals surface area contributed by atoms with E-state index in [9.17, 15) is 22.8 Å². The van der Waals surface area contributed by atoms with Gasteiger partial charge in [0, 0.05) is 12.1 Å². The summed E-state index contributed by atoms with van der Waals surface area (Å²) in [5.74, 6) is -0.316. The van der Waals surface area contributed by atoms with Crippen LogP contribution < -0.4 is 14.4 Å². The number of hydrogen-bond donors (Lipinski definition) is 1. The molecule has 1 saturated heterocycles. The standard InChI is InChI=1S/C23H25N3O6S/c1-4-33(30,31)26-12-11-15-13-16(5-10-19(15)26)20(27)14-25-21(28)23(2,24-22(25)29)17-6-8-18(32-3)9-7-17/h5-10,13H,4,11-12,14H2,1-3H3,(H,24,29). The first-order chi connectivity index (χ1) is 15.6. The number of methoxy groups -OCH3 is 1. The number of ketones is 1. The lowest BCUT2D eigenvalue weighted by atomic mass is 9.92. The molecule has 0 saturated carbocycles. The number of benzene rings is 2. The van der Waals surface area contributed by atoms with Crippen LogP contribution in [0.25, 0.3) is 0 Å². The molecule has 0 aliphatic carbocycles. The Bertz CT molecular complexity index is 1240. The minimum Gasteiger partial charge on any atom is -0.497 e. The number of ether oxygens (including phenoxy) is 1. The van der Waals surface area contributed by atoms with Gasteiger partial charge in [-0.2, -0.15) is 0 Å². The maximum absolute atomic E-state index is 13.1. The number of Topliss-reactive ketones (excluding diaryl/α,β-unsaturated/α-hetero) is 1. The van der Waals surface area contributed by atoms with E-state index in [-0.39, 0.29) is 5.75 Å². The number of carbonyl (C=O) groups is 3. The molecule has 10 heteroatoms. The van der Waals surface area contributed by atoms with Crippen LogP contribution in [0, 0.1) is 0 Å². The second kappa shape index (κ2) is 8.18. The highest BCUT2D eigenvalue weighted by atomic mass is 32.2. The first-order valence-corrected chi connectivity index (χ1v) is 12.2. The van der Waals surface area contributed by atoms with Crippen LogP contribution >= 0.6 is 0 Å². The Morgan fingerprint density at radius 3 is 2.48 bits per heavy atom. The van der Waals surface area contributed by atoms with Crippen molar-refractivity contribution in [3.63, 3.8) is 0 Å². The summed E-state index contributed by atoms with van der Waals surface area (Å²) in [5, 5.41) is 2.68. The molecule has 1 atom stereocenters. The van der Waals surface area contributed by atoms with Gasteiger partial charge in [-0.3, -0.25) is 18.8 Å². The summed E-state index contributed by atoms with van der Waals surface area (Å²) in [6.07, 6.45) is 0.494. The van der Waals surface area contributed by atoms with Crippen molar-refractivity contribution in [2.75, 3.05) is 30.3 Å². The summed E-state index contributed by atoms with van der Waals surface area (Å²) in [6, 6.07) is 10.9. The number of nitrogens with one attached hydrogen (secondary N) is 1. The van der Waals surface area contributed by atoms with Crippen molar-refractivity contribution in [3.8, 4) is 5.75 Å². The van der Waals surface area contributed by atoms with E-state index < -0.39 is 39.8 Å². The lowest BCUT2D eigenvalue weighted by Gasteiger charge is -2.22. The number of imide groups is 1. The van der Waals surface area contributed by atoms with Crippen LogP contribution in [0.3, 0.4) is 0 Å². The van der Waals surface area contributed by atoms with Crippen LogP contribution in [0.5, 0.6) is 5.75 Å². The van der Waals surface area contributed by atoms with E-state index in [2.05, 4.69) is 5.32 Å². The van der Waals surface area contributed by atoms with E-state index in [4.69, 9.17) is 4.74 Å². The van der Waals surface area contributed by atoms with Gasteiger partial charge in [-0.15, -0.1) is 0 Å². The molecule has 2 aliphatic heterocycles. The lowest BCUT2D eigenvalue weighted by molar-refractivity contribution is -0.130. The average Bonchev–Trinajstić information content (AvgIpc) is 3.34. The second-order valence-corrected chi connectivity index (χ2v) is 10.3. The van der Waals surface area contributed by atoms with Crippen molar-refractivity contribution in [1.29, 1.82) is 0 Å². The van der Waals surface area contributed by atoms with Gasteiger partial charge in [0.15, 0.2) is 5.78 Å². The van der Waals surface area contributed by atoms with Crippen molar-refractivity contribution in [2.45, 2.75) is 25.8 Å². The Hall–Kier alpha value is -3.40. The van der Waals surface area contributed by atoms with Crippen LogP contribution in [0.1, 0.15) is 35.3 Å². The van der Waals surface area contributed by atoms with Crippen LogP contribution in [-0.4, -0.2) is 57.0 Å². The third-order valence-corrected chi connectivity index (χ3v) is 7.98. The third-order valence-electron chi connectivity index (χ3n) is 6.20. The largest absolute Gasteiger partial charge is 0.497 e. The third kappa shape index (κ3) is 3.84. The number of amides is 3. The van der Waals surface area contributed by atoms with Crippen molar-refractivity contribution in [3.05, 3.63) is 59.2 Å². The minimum atomic E-state index is -3.39. The normalized spacial score (nSPS) is 20.1. The maximum Gasteiger partial charge on any atom is 0.325 e. The monoisotopic (exact) mass is 471 g/mol. The van der Waals surface area contributed by atoms with Crippen molar-refractivity contribution < 1.29 is 27.5 Å². The Morgan fingerprint density at radius 2 is 1.85 bits per heavy atom. The highest BCUT2D eigenvalue weighted by molar-refractivity contribution is 7.92. The fourth-order valence-electron chi connectivity index (χ4n) is 4.19. The van der Waals surface area contributed by atoms with E-state index in [1.54, 1.807) is 50.2 Å². The van der Waals surface area contributed by atoms with Crippen LogP contribution in [-0.2, 0) is 26.8 Å². The molecule has 174 valence electrons. The number of anilines is 1. The molecule has 0 radical (unpaired) electrons. The van der Waals surface area contributed by atoms with Gasteiger partial charge < -0.3 is 10.1 Å². The Labute approximate surface area is 192 Å². The van der Waals surface area contributed by atoms with E-state index >= 15 is 0 Å². The number of fused-ring (bicyclic) bond motifs is 1. The molecule has 0 aromatic heterocycles. The fourth-order valence-corrected chi connectivity index (χ4v) is 5.34.